The molecule has 3 aromatic carbocycles. The van der Waals surface area contributed by atoms with Crippen molar-refractivity contribution in [1.29, 1.82) is 0 Å². The van der Waals surface area contributed by atoms with Crippen molar-refractivity contribution in [2.75, 3.05) is 20.8 Å². The van der Waals surface area contributed by atoms with Crippen molar-refractivity contribution in [2.45, 2.75) is 46.4 Å². The highest BCUT2D eigenvalue weighted by Gasteiger charge is 2.34. The molecule has 1 atom stereocenters. The molecule has 0 fully saturated rings. The summed E-state index contributed by atoms with van der Waals surface area (Å²) >= 11 is 7.80. The zero-order valence-corrected chi connectivity index (χ0v) is 29.2. The number of esters is 1. The first-order valence-corrected chi connectivity index (χ1v) is 16.4. The van der Waals surface area contributed by atoms with Gasteiger partial charge in [-0.2, -0.15) is 0 Å². The summed E-state index contributed by atoms with van der Waals surface area (Å²) in [6, 6.07) is 13.7. The number of allylic oxidation sites excluding steroid dienone is 1. The number of nitro groups is 1. The monoisotopic (exact) mass is 707 g/mol. The molecule has 5 rings (SSSR count). The zero-order valence-electron chi connectivity index (χ0n) is 27.6. The number of carbonyl (C=O) groups excluding carboxylic acids is 1. The smallest absolute Gasteiger partial charge is 0.338 e. The van der Waals surface area contributed by atoms with Gasteiger partial charge in [-0.3, -0.25) is 19.5 Å². The van der Waals surface area contributed by atoms with Crippen LogP contribution in [0.4, 0.5) is 5.69 Å². The topological polar surface area (TPSA) is 141 Å². The molecular weight excluding hydrogens is 674 g/mol. The van der Waals surface area contributed by atoms with Crippen LogP contribution in [0.3, 0.4) is 0 Å². The molecule has 256 valence electrons. The maximum Gasteiger partial charge on any atom is 0.338 e. The summed E-state index contributed by atoms with van der Waals surface area (Å²) in [6.07, 6.45) is 1.57. The minimum atomic E-state index is -0.854. The van der Waals surface area contributed by atoms with Crippen molar-refractivity contribution in [3.05, 3.63) is 117 Å². The number of ether oxygens (including phenoxy) is 5. The summed E-state index contributed by atoms with van der Waals surface area (Å²) in [5.74, 6) is 0.990. The molecule has 0 spiro atoms. The average Bonchev–Trinajstić information content (AvgIpc) is 3.37. The Kier molecular flexibility index (Phi) is 10.7. The fourth-order valence-electron chi connectivity index (χ4n) is 5.30. The molecule has 49 heavy (non-hydrogen) atoms. The highest BCUT2D eigenvalue weighted by Crippen LogP contribution is 2.38. The van der Waals surface area contributed by atoms with Gasteiger partial charge in [0.2, 0.25) is 0 Å². The number of halogens is 1. The lowest BCUT2D eigenvalue weighted by Gasteiger charge is -2.25. The van der Waals surface area contributed by atoms with Crippen molar-refractivity contribution in [3.8, 4) is 23.0 Å². The Labute approximate surface area is 290 Å². The summed E-state index contributed by atoms with van der Waals surface area (Å²) < 4.78 is 30.2. The lowest BCUT2D eigenvalue weighted by atomic mass is 9.95. The number of benzene rings is 3. The van der Waals surface area contributed by atoms with E-state index in [0.29, 0.717) is 49.0 Å². The zero-order chi connectivity index (χ0) is 35.4. The van der Waals surface area contributed by atoms with Crippen molar-refractivity contribution in [1.82, 2.24) is 4.57 Å². The van der Waals surface area contributed by atoms with Gasteiger partial charge in [-0.25, -0.2) is 9.79 Å². The molecule has 0 aliphatic carbocycles. The Morgan fingerprint density at radius 1 is 1.08 bits per heavy atom. The van der Waals surface area contributed by atoms with Gasteiger partial charge in [0, 0.05) is 12.1 Å². The molecule has 0 bridgehead atoms. The van der Waals surface area contributed by atoms with E-state index >= 15 is 0 Å². The molecule has 2 heterocycles. The van der Waals surface area contributed by atoms with Gasteiger partial charge in [-0.05, 0) is 86.9 Å². The van der Waals surface area contributed by atoms with Crippen LogP contribution in [0.5, 0.6) is 23.0 Å². The maximum atomic E-state index is 14.2. The van der Waals surface area contributed by atoms with E-state index in [1.807, 2.05) is 13.8 Å². The van der Waals surface area contributed by atoms with Crippen molar-refractivity contribution < 1.29 is 33.4 Å². The fourth-order valence-corrected chi connectivity index (χ4v) is 6.62. The van der Waals surface area contributed by atoms with Gasteiger partial charge in [-0.1, -0.05) is 29.0 Å². The van der Waals surface area contributed by atoms with Gasteiger partial charge >= 0.3 is 5.97 Å². The fraction of sp³-hybridized carbons (Fsp3) is 0.286. The second-order valence-electron chi connectivity index (χ2n) is 11.1. The summed E-state index contributed by atoms with van der Waals surface area (Å²) in [5, 5.41) is 11.2. The average molecular weight is 708 g/mol. The first-order chi connectivity index (χ1) is 23.4. The predicted molar refractivity (Wildman–Crippen MR) is 185 cm³/mol. The first-order valence-electron chi connectivity index (χ1n) is 15.2. The van der Waals surface area contributed by atoms with Crippen LogP contribution >= 0.6 is 22.9 Å². The number of nitrogens with zero attached hydrogens (tertiary/aromatic N) is 3. The summed E-state index contributed by atoms with van der Waals surface area (Å²) in [4.78, 5) is 43.0. The van der Waals surface area contributed by atoms with Crippen LogP contribution in [-0.4, -0.2) is 42.4 Å². The first kappa shape index (κ1) is 35.2. The highest BCUT2D eigenvalue weighted by molar-refractivity contribution is 7.07. The van der Waals surface area contributed by atoms with Crippen molar-refractivity contribution >= 4 is 40.7 Å². The molecule has 0 saturated carbocycles. The van der Waals surface area contributed by atoms with E-state index < -0.39 is 16.9 Å². The van der Waals surface area contributed by atoms with Gasteiger partial charge in [0.25, 0.3) is 11.2 Å². The van der Waals surface area contributed by atoms with E-state index in [1.165, 1.54) is 30.9 Å². The van der Waals surface area contributed by atoms with E-state index in [-0.39, 0.29) is 46.9 Å². The van der Waals surface area contributed by atoms with E-state index in [2.05, 4.69) is 4.99 Å². The predicted octanol–water partition coefficient (Wildman–Crippen LogP) is 5.74. The summed E-state index contributed by atoms with van der Waals surface area (Å²) in [6.45, 7) is 7.47. The Hall–Kier alpha value is -5.14. The Morgan fingerprint density at radius 3 is 2.43 bits per heavy atom. The largest absolute Gasteiger partial charge is 0.493 e. The SMILES string of the molecule is CCOC(=O)C1=C(C)N=c2s/c(=C\c3cc(Cl)c(OCc4ccc([N+](=O)[O-])cc4)c(OC)c3)c(=O)n2[C@H]1c1ccc(OC(C)C)c(OC)c1. The van der Waals surface area contributed by atoms with Crippen LogP contribution in [0.2, 0.25) is 5.02 Å². The molecule has 12 nitrogen and oxygen atoms in total. The minimum Gasteiger partial charge on any atom is -0.493 e. The van der Waals surface area contributed by atoms with Crippen molar-refractivity contribution in [3.63, 3.8) is 0 Å². The van der Waals surface area contributed by atoms with E-state index in [1.54, 1.807) is 62.4 Å². The number of aromatic nitrogens is 1. The quantitative estimate of drug-likeness (QED) is 0.102. The molecule has 4 aromatic rings. The number of fused-ring (bicyclic) bond motifs is 1. The second kappa shape index (κ2) is 15.0. The van der Waals surface area contributed by atoms with Gasteiger partial charge in [0.1, 0.15) is 6.61 Å². The highest BCUT2D eigenvalue weighted by atomic mass is 35.5. The minimum absolute atomic E-state index is 0.0264. The van der Waals surface area contributed by atoms with Crippen molar-refractivity contribution in [2.24, 2.45) is 4.99 Å². The molecule has 1 aliphatic rings. The van der Waals surface area contributed by atoms with Gasteiger partial charge < -0.3 is 23.7 Å². The van der Waals surface area contributed by atoms with Crippen LogP contribution in [0, 0.1) is 10.1 Å². The second-order valence-corrected chi connectivity index (χ2v) is 12.5. The number of methoxy groups -OCH3 is 2. The molecule has 0 radical (unpaired) electrons. The number of rotatable bonds is 12. The van der Waals surface area contributed by atoms with E-state index in [0.717, 1.165) is 11.3 Å². The molecule has 0 unspecified atom stereocenters. The lowest BCUT2D eigenvalue weighted by Crippen LogP contribution is -2.40. The van der Waals surface area contributed by atoms with Crippen LogP contribution in [-0.2, 0) is 16.1 Å². The third kappa shape index (κ3) is 7.47. The molecule has 0 amide bonds. The lowest BCUT2D eigenvalue weighted by molar-refractivity contribution is -0.384. The standard InChI is InChI=1S/C35H34ClN3O9S/c1-7-46-34(41)30-20(4)37-35-38(31(30)23-10-13-26(48-19(2)3)27(17-23)44-5)33(40)29(49-35)16-22-14-25(36)32(28(15-22)45-6)47-18-21-8-11-24(12-9-21)39(42)43/h8-17,19,31H,7,18H2,1-6H3/b29-16-/t31-/m0/s1. The summed E-state index contributed by atoms with van der Waals surface area (Å²) in [7, 11) is 2.99. The number of thiazole rings is 1. The van der Waals surface area contributed by atoms with E-state index in [9.17, 15) is 19.7 Å². The third-order valence-electron chi connectivity index (χ3n) is 7.46. The van der Waals surface area contributed by atoms with Gasteiger partial charge in [0.15, 0.2) is 27.8 Å². The Morgan fingerprint density at radius 2 is 1.80 bits per heavy atom. The maximum absolute atomic E-state index is 14.2. The number of non-ortho nitro benzene ring substituents is 1. The third-order valence-corrected chi connectivity index (χ3v) is 8.73. The molecule has 14 heteroatoms. The number of hydrogen-bond acceptors (Lipinski definition) is 11. The molecule has 0 saturated heterocycles. The Bertz CT molecular complexity index is 2120. The number of hydrogen-bond donors (Lipinski definition) is 0. The molecule has 1 aliphatic heterocycles. The van der Waals surface area contributed by atoms with Gasteiger partial charge in [-0.15, -0.1) is 0 Å². The molecular formula is C35H34ClN3O9S. The number of nitro benzene ring substituents is 1. The van der Waals surface area contributed by atoms with Crippen LogP contribution in [0.15, 0.2) is 75.7 Å². The van der Waals surface area contributed by atoms with Crippen LogP contribution < -0.4 is 33.8 Å². The number of carbonyl (C=O) groups is 1. The normalized spacial score (nSPS) is 14.3. The van der Waals surface area contributed by atoms with Crippen LogP contribution in [0.25, 0.3) is 6.08 Å². The van der Waals surface area contributed by atoms with E-state index in [4.69, 9.17) is 35.3 Å². The van der Waals surface area contributed by atoms with Gasteiger partial charge in [0.05, 0.1) is 58.7 Å². The molecule has 0 N–H and O–H groups in total. The Balaban J connectivity index is 1.56. The molecule has 1 aromatic heterocycles. The summed E-state index contributed by atoms with van der Waals surface area (Å²) in [5.41, 5.74) is 2.12. The van der Waals surface area contributed by atoms with Crippen LogP contribution in [0.1, 0.15) is 50.4 Å².